The highest BCUT2D eigenvalue weighted by Gasteiger charge is 2.16. The molecule has 0 bridgehead atoms. The number of benzene rings is 1. The number of carboxylic acid groups (broad SMARTS) is 1. The number of carboxylic acids is 1. The van der Waals surface area contributed by atoms with Crippen LogP contribution >= 0.6 is 0 Å². The summed E-state index contributed by atoms with van der Waals surface area (Å²) in [6, 6.07) is 3.03. The number of nitrogens with one attached hydrogen (secondary N) is 1. The average Bonchev–Trinajstić information content (AvgIpc) is 2.86. The van der Waals surface area contributed by atoms with Crippen molar-refractivity contribution in [2.75, 3.05) is 5.32 Å². The SMILES string of the molecule is CC(Cn1cccn1)Nc1c(F)cc(C(=O)O)cc1F. The Kier molecular flexibility index (Phi) is 3.97. The molecule has 0 saturated carbocycles. The van der Waals surface area contributed by atoms with Crippen molar-refractivity contribution in [2.45, 2.75) is 19.5 Å². The molecule has 5 nitrogen and oxygen atoms in total. The van der Waals surface area contributed by atoms with Crippen LogP contribution in [0.3, 0.4) is 0 Å². The number of carbonyl (C=O) groups is 1. The fourth-order valence-electron chi connectivity index (χ4n) is 1.82. The van der Waals surface area contributed by atoms with E-state index in [-0.39, 0.29) is 11.7 Å². The number of anilines is 1. The summed E-state index contributed by atoms with van der Waals surface area (Å²) in [5, 5.41) is 15.4. The van der Waals surface area contributed by atoms with E-state index in [1.807, 2.05) is 0 Å². The van der Waals surface area contributed by atoms with Crippen molar-refractivity contribution < 1.29 is 18.7 Å². The lowest BCUT2D eigenvalue weighted by molar-refractivity contribution is 0.0696. The van der Waals surface area contributed by atoms with Crippen LogP contribution in [0.1, 0.15) is 17.3 Å². The van der Waals surface area contributed by atoms with Crippen molar-refractivity contribution in [1.29, 1.82) is 0 Å². The number of aromatic carboxylic acids is 1. The van der Waals surface area contributed by atoms with Crippen molar-refractivity contribution in [3.05, 3.63) is 47.8 Å². The van der Waals surface area contributed by atoms with Gasteiger partial charge in [-0.1, -0.05) is 0 Å². The summed E-state index contributed by atoms with van der Waals surface area (Å²) in [6.07, 6.45) is 3.34. The smallest absolute Gasteiger partial charge is 0.335 e. The summed E-state index contributed by atoms with van der Waals surface area (Å²) in [4.78, 5) is 10.7. The van der Waals surface area contributed by atoms with Gasteiger partial charge in [0.1, 0.15) is 17.3 Å². The molecule has 1 aromatic heterocycles. The predicted octanol–water partition coefficient (Wildman–Crippen LogP) is 2.36. The van der Waals surface area contributed by atoms with Gasteiger partial charge in [0.15, 0.2) is 0 Å². The molecule has 0 radical (unpaired) electrons. The number of hydrogen-bond donors (Lipinski definition) is 2. The normalized spacial score (nSPS) is 12.2. The maximum atomic E-state index is 13.7. The molecule has 106 valence electrons. The zero-order valence-electron chi connectivity index (χ0n) is 10.7. The van der Waals surface area contributed by atoms with Gasteiger partial charge in [-0.25, -0.2) is 13.6 Å². The molecule has 0 fully saturated rings. The second-order valence-corrected chi connectivity index (χ2v) is 4.39. The van der Waals surface area contributed by atoms with Gasteiger partial charge in [-0.2, -0.15) is 5.10 Å². The molecule has 1 aromatic carbocycles. The Hall–Kier alpha value is -2.44. The Bertz CT molecular complexity index is 591. The summed E-state index contributed by atoms with van der Waals surface area (Å²) in [5.74, 6) is -3.25. The van der Waals surface area contributed by atoms with Crippen LogP contribution in [0.5, 0.6) is 0 Å². The number of nitrogens with zero attached hydrogens (tertiary/aromatic N) is 2. The third-order valence-corrected chi connectivity index (χ3v) is 2.70. The van der Waals surface area contributed by atoms with Gasteiger partial charge in [-0.15, -0.1) is 0 Å². The maximum absolute atomic E-state index is 13.7. The van der Waals surface area contributed by atoms with E-state index in [1.54, 1.807) is 30.1 Å². The van der Waals surface area contributed by atoms with E-state index in [0.29, 0.717) is 6.54 Å². The van der Waals surface area contributed by atoms with Crippen LogP contribution < -0.4 is 5.32 Å². The van der Waals surface area contributed by atoms with Crippen LogP contribution in [0.4, 0.5) is 14.5 Å². The second kappa shape index (κ2) is 5.68. The maximum Gasteiger partial charge on any atom is 0.335 e. The highest BCUT2D eigenvalue weighted by atomic mass is 19.1. The minimum Gasteiger partial charge on any atom is -0.478 e. The monoisotopic (exact) mass is 281 g/mol. The van der Waals surface area contributed by atoms with Gasteiger partial charge in [0.05, 0.1) is 12.1 Å². The van der Waals surface area contributed by atoms with Crippen LogP contribution in [0.15, 0.2) is 30.6 Å². The topological polar surface area (TPSA) is 67.2 Å². The van der Waals surface area contributed by atoms with E-state index in [4.69, 9.17) is 5.11 Å². The first-order valence-electron chi connectivity index (χ1n) is 5.93. The van der Waals surface area contributed by atoms with Crippen LogP contribution in [0.25, 0.3) is 0 Å². The molecule has 20 heavy (non-hydrogen) atoms. The van der Waals surface area contributed by atoms with Gasteiger partial charge in [0, 0.05) is 18.4 Å². The van der Waals surface area contributed by atoms with Crippen molar-refractivity contribution >= 4 is 11.7 Å². The molecular formula is C13H13F2N3O2. The molecule has 2 aromatic rings. The largest absolute Gasteiger partial charge is 0.478 e. The molecule has 1 atom stereocenters. The first-order valence-corrected chi connectivity index (χ1v) is 5.93. The van der Waals surface area contributed by atoms with Crippen LogP contribution in [0, 0.1) is 11.6 Å². The molecule has 0 aliphatic carbocycles. The van der Waals surface area contributed by atoms with Gasteiger partial charge in [0.25, 0.3) is 0 Å². The Labute approximate surface area is 113 Å². The third kappa shape index (κ3) is 3.11. The van der Waals surface area contributed by atoms with Crippen molar-refractivity contribution in [3.63, 3.8) is 0 Å². The zero-order valence-corrected chi connectivity index (χ0v) is 10.7. The number of hydrogen-bond acceptors (Lipinski definition) is 3. The van der Waals surface area contributed by atoms with Gasteiger partial charge < -0.3 is 10.4 Å². The Morgan fingerprint density at radius 2 is 2.10 bits per heavy atom. The number of halogens is 2. The number of rotatable bonds is 5. The highest BCUT2D eigenvalue weighted by Crippen LogP contribution is 2.22. The third-order valence-electron chi connectivity index (χ3n) is 2.70. The van der Waals surface area contributed by atoms with Gasteiger partial charge in [-0.05, 0) is 25.1 Å². The first-order chi connectivity index (χ1) is 9.47. The standard InChI is InChI=1S/C13H13F2N3O2/c1-8(7-18-4-2-3-16-18)17-12-10(14)5-9(13(19)20)6-11(12)15/h2-6,8,17H,7H2,1H3,(H,19,20). The van der Waals surface area contributed by atoms with Crippen molar-refractivity contribution in [2.24, 2.45) is 0 Å². The molecule has 7 heteroatoms. The minimum absolute atomic E-state index is 0.283. The highest BCUT2D eigenvalue weighted by molar-refractivity contribution is 5.88. The Morgan fingerprint density at radius 1 is 1.45 bits per heavy atom. The van der Waals surface area contributed by atoms with Crippen LogP contribution in [-0.4, -0.2) is 26.9 Å². The second-order valence-electron chi connectivity index (χ2n) is 4.39. The van der Waals surface area contributed by atoms with E-state index < -0.39 is 23.2 Å². The van der Waals surface area contributed by atoms with Crippen LogP contribution in [-0.2, 0) is 6.54 Å². The Morgan fingerprint density at radius 3 is 2.60 bits per heavy atom. The van der Waals surface area contributed by atoms with Gasteiger partial charge in [0.2, 0.25) is 0 Å². The summed E-state index contributed by atoms with van der Waals surface area (Å²) in [5.41, 5.74) is -0.764. The molecule has 2 N–H and O–H groups in total. The average molecular weight is 281 g/mol. The lowest BCUT2D eigenvalue weighted by atomic mass is 10.1. The molecule has 0 aliphatic rings. The lowest BCUT2D eigenvalue weighted by Gasteiger charge is -2.16. The fraction of sp³-hybridized carbons (Fsp3) is 0.231. The minimum atomic E-state index is -1.38. The van der Waals surface area contributed by atoms with Crippen LogP contribution in [0.2, 0.25) is 0 Å². The van der Waals surface area contributed by atoms with Crippen molar-refractivity contribution in [1.82, 2.24) is 9.78 Å². The summed E-state index contributed by atoms with van der Waals surface area (Å²) < 4.78 is 29.1. The Balaban J connectivity index is 2.14. The van der Waals surface area contributed by atoms with E-state index in [9.17, 15) is 13.6 Å². The molecule has 0 spiro atoms. The fourth-order valence-corrected chi connectivity index (χ4v) is 1.82. The van der Waals surface area contributed by atoms with Crippen molar-refractivity contribution in [3.8, 4) is 0 Å². The number of aromatic nitrogens is 2. The van der Waals surface area contributed by atoms with Gasteiger partial charge >= 0.3 is 5.97 Å². The van der Waals surface area contributed by atoms with Gasteiger partial charge in [-0.3, -0.25) is 4.68 Å². The summed E-state index contributed by atoms with van der Waals surface area (Å²) in [6.45, 7) is 2.16. The molecule has 1 heterocycles. The molecular weight excluding hydrogens is 268 g/mol. The van der Waals surface area contributed by atoms with E-state index in [0.717, 1.165) is 12.1 Å². The van der Waals surface area contributed by atoms with E-state index >= 15 is 0 Å². The first kappa shape index (κ1) is 14.0. The van der Waals surface area contributed by atoms with E-state index in [1.165, 1.54) is 0 Å². The molecule has 0 aliphatic heterocycles. The molecule has 1 unspecified atom stereocenters. The predicted molar refractivity (Wildman–Crippen MR) is 68.6 cm³/mol. The molecule has 2 rings (SSSR count). The zero-order chi connectivity index (χ0) is 14.7. The molecule has 0 saturated heterocycles. The summed E-state index contributed by atoms with van der Waals surface area (Å²) in [7, 11) is 0. The molecule has 0 amide bonds. The quantitative estimate of drug-likeness (QED) is 0.883. The van der Waals surface area contributed by atoms with E-state index in [2.05, 4.69) is 10.4 Å². The lowest BCUT2D eigenvalue weighted by Crippen LogP contribution is -2.23. The summed E-state index contributed by atoms with van der Waals surface area (Å²) >= 11 is 0.